The van der Waals surface area contributed by atoms with Gasteiger partial charge in [0.2, 0.25) is 20.9 Å². The summed E-state index contributed by atoms with van der Waals surface area (Å²) in [6, 6.07) is 13.5. The van der Waals surface area contributed by atoms with Gasteiger partial charge in [-0.15, -0.1) is 5.10 Å². The van der Waals surface area contributed by atoms with Crippen molar-refractivity contribution in [2.75, 3.05) is 18.5 Å². The van der Waals surface area contributed by atoms with Gasteiger partial charge in [0.15, 0.2) is 11.5 Å². The van der Waals surface area contributed by atoms with Gasteiger partial charge in [-0.05, 0) is 37.6 Å². The Bertz CT molecular complexity index is 1110. The lowest BCUT2D eigenvalue weighted by molar-refractivity contribution is 0.102. The lowest BCUT2D eigenvalue weighted by atomic mass is 10.2. The highest BCUT2D eigenvalue weighted by atomic mass is 32.2. The van der Waals surface area contributed by atoms with Crippen LogP contribution in [-0.4, -0.2) is 42.7 Å². The molecule has 0 spiro atoms. The van der Waals surface area contributed by atoms with E-state index >= 15 is 0 Å². The summed E-state index contributed by atoms with van der Waals surface area (Å²) in [6.45, 7) is 4.55. The Morgan fingerprint density at radius 3 is 2.43 bits per heavy atom. The third kappa shape index (κ3) is 5.15. The van der Waals surface area contributed by atoms with E-state index in [4.69, 9.17) is 9.47 Å². The number of carbonyl (C=O) groups is 1. The van der Waals surface area contributed by atoms with Crippen molar-refractivity contribution in [1.82, 2.24) is 15.2 Å². The molecular weight excluding hydrogens is 408 g/mol. The average Bonchev–Trinajstić information content (AvgIpc) is 3.19. The number of rotatable bonds is 9. The van der Waals surface area contributed by atoms with Gasteiger partial charge in [0, 0.05) is 5.56 Å². The van der Waals surface area contributed by atoms with Crippen molar-refractivity contribution in [2.24, 2.45) is 0 Å². The molecule has 0 aliphatic heterocycles. The van der Waals surface area contributed by atoms with Gasteiger partial charge in [-0.3, -0.25) is 10.1 Å². The number of H-pyrrole nitrogens is 1. The monoisotopic (exact) mass is 430 g/mol. The first-order chi connectivity index (χ1) is 14.4. The molecule has 3 rings (SSSR count). The molecule has 2 N–H and O–H groups in total. The smallest absolute Gasteiger partial charge is 0.258 e. The van der Waals surface area contributed by atoms with Crippen LogP contribution in [0.3, 0.4) is 0 Å². The van der Waals surface area contributed by atoms with Crippen LogP contribution in [0.25, 0.3) is 0 Å². The maximum Gasteiger partial charge on any atom is 0.258 e. The third-order valence-electron chi connectivity index (χ3n) is 3.99. The fourth-order valence-electron chi connectivity index (χ4n) is 2.67. The van der Waals surface area contributed by atoms with Crippen LogP contribution in [0.2, 0.25) is 0 Å². The fraction of sp³-hybridized carbons (Fsp3) is 0.250. The molecule has 0 saturated heterocycles. The predicted molar refractivity (Wildman–Crippen MR) is 110 cm³/mol. The van der Waals surface area contributed by atoms with Gasteiger partial charge in [0.05, 0.1) is 19.0 Å². The van der Waals surface area contributed by atoms with Crippen LogP contribution in [0.4, 0.5) is 5.95 Å². The lowest BCUT2D eigenvalue weighted by Crippen LogP contribution is -2.14. The summed E-state index contributed by atoms with van der Waals surface area (Å²) in [5.41, 5.74) is 0.915. The quantitative estimate of drug-likeness (QED) is 0.535. The van der Waals surface area contributed by atoms with Crippen LogP contribution in [0, 0.1) is 0 Å². The Hall–Kier alpha value is -3.40. The highest BCUT2D eigenvalue weighted by molar-refractivity contribution is 7.90. The normalized spacial score (nSPS) is 11.1. The average molecular weight is 430 g/mol. The number of sulfone groups is 1. The van der Waals surface area contributed by atoms with Gasteiger partial charge >= 0.3 is 0 Å². The Balaban J connectivity index is 1.74. The second-order valence-electron chi connectivity index (χ2n) is 6.19. The second kappa shape index (κ2) is 9.40. The molecule has 1 heterocycles. The van der Waals surface area contributed by atoms with Crippen LogP contribution in [-0.2, 0) is 15.6 Å². The van der Waals surface area contributed by atoms with Crippen molar-refractivity contribution < 1.29 is 22.7 Å². The Morgan fingerprint density at radius 2 is 1.73 bits per heavy atom. The molecule has 0 unspecified atom stereocenters. The summed E-state index contributed by atoms with van der Waals surface area (Å²) < 4.78 is 36.0. The van der Waals surface area contributed by atoms with E-state index in [2.05, 4.69) is 20.5 Å². The fourth-order valence-corrected chi connectivity index (χ4v) is 3.85. The SMILES string of the molecule is CCOc1ccc(C(=O)Nc2n[nH]c(S(=O)(=O)Cc3ccccc3)n2)cc1OCC. The molecule has 0 aliphatic rings. The van der Waals surface area contributed by atoms with Gasteiger partial charge in [0.25, 0.3) is 5.91 Å². The molecule has 1 amide bonds. The molecule has 0 fully saturated rings. The van der Waals surface area contributed by atoms with E-state index in [0.29, 0.717) is 35.8 Å². The van der Waals surface area contributed by atoms with E-state index in [-0.39, 0.29) is 16.9 Å². The Labute approximate surface area is 174 Å². The summed E-state index contributed by atoms with van der Waals surface area (Å²) >= 11 is 0. The van der Waals surface area contributed by atoms with E-state index in [0.717, 1.165) is 0 Å². The molecule has 0 bridgehead atoms. The first-order valence-corrected chi connectivity index (χ1v) is 11.0. The number of benzene rings is 2. The van der Waals surface area contributed by atoms with Gasteiger partial charge in [-0.2, -0.15) is 4.98 Å². The predicted octanol–water partition coefficient (Wildman–Crippen LogP) is 2.83. The number of amides is 1. The molecule has 9 nitrogen and oxygen atoms in total. The summed E-state index contributed by atoms with van der Waals surface area (Å²) in [5, 5.41) is 8.33. The zero-order valence-electron chi connectivity index (χ0n) is 16.6. The van der Waals surface area contributed by atoms with E-state index in [9.17, 15) is 13.2 Å². The molecule has 10 heteroatoms. The van der Waals surface area contributed by atoms with Gasteiger partial charge in [0.1, 0.15) is 0 Å². The first-order valence-electron chi connectivity index (χ1n) is 9.33. The number of nitrogens with one attached hydrogen (secondary N) is 2. The molecule has 0 atom stereocenters. The zero-order chi connectivity index (χ0) is 21.6. The summed E-state index contributed by atoms with van der Waals surface area (Å²) in [7, 11) is -3.74. The van der Waals surface area contributed by atoms with E-state index in [1.165, 1.54) is 0 Å². The Kier molecular flexibility index (Phi) is 6.68. The molecule has 30 heavy (non-hydrogen) atoms. The van der Waals surface area contributed by atoms with Crippen LogP contribution in [0.15, 0.2) is 53.7 Å². The molecule has 0 aliphatic carbocycles. The number of ether oxygens (including phenoxy) is 2. The van der Waals surface area contributed by atoms with Crippen molar-refractivity contribution in [3.8, 4) is 11.5 Å². The molecular formula is C20H22N4O5S. The number of carbonyl (C=O) groups excluding carboxylic acids is 1. The standard InChI is InChI=1S/C20H22N4O5S/c1-3-28-16-11-10-15(12-17(16)29-4-2)18(25)21-19-22-20(24-23-19)30(26,27)13-14-8-6-5-7-9-14/h5-12H,3-4,13H2,1-2H3,(H2,21,22,23,24,25). The maximum atomic E-state index is 12.5. The van der Waals surface area contributed by atoms with Crippen molar-refractivity contribution in [3.05, 3.63) is 59.7 Å². The number of anilines is 1. The van der Waals surface area contributed by atoms with Crippen molar-refractivity contribution in [2.45, 2.75) is 24.8 Å². The minimum Gasteiger partial charge on any atom is -0.490 e. The van der Waals surface area contributed by atoms with Gasteiger partial charge < -0.3 is 9.47 Å². The second-order valence-corrected chi connectivity index (χ2v) is 8.10. The summed E-state index contributed by atoms with van der Waals surface area (Å²) in [4.78, 5) is 16.4. The van der Waals surface area contributed by atoms with Crippen LogP contribution in [0.1, 0.15) is 29.8 Å². The molecule has 0 saturated carbocycles. The Morgan fingerprint density at radius 1 is 1.03 bits per heavy atom. The molecule has 1 aromatic heterocycles. The van der Waals surface area contributed by atoms with Crippen LogP contribution in [0.5, 0.6) is 11.5 Å². The lowest BCUT2D eigenvalue weighted by Gasteiger charge is -2.12. The minimum absolute atomic E-state index is 0.140. The minimum atomic E-state index is -3.74. The largest absolute Gasteiger partial charge is 0.490 e. The first kappa shape index (κ1) is 21.3. The maximum absolute atomic E-state index is 12.5. The molecule has 3 aromatic rings. The molecule has 0 radical (unpaired) electrons. The number of aromatic amines is 1. The molecule has 158 valence electrons. The van der Waals surface area contributed by atoms with Crippen LogP contribution >= 0.6 is 0 Å². The number of aromatic nitrogens is 3. The molecule has 2 aromatic carbocycles. The van der Waals surface area contributed by atoms with Crippen LogP contribution < -0.4 is 14.8 Å². The number of nitrogens with zero attached hydrogens (tertiary/aromatic N) is 2. The number of hydrogen-bond acceptors (Lipinski definition) is 7. The van der Waals surface area contributed by atoms with Crippen molar-refractivity contribution in [1.29, 1.82) is 0 Å². The highest BCUT2D eigenvalue weighted by Gasteiger charge is 2.21. The summed E-state index contributed by atoms with van der Waals surface area (Å²) in [6.07, 6.45) is 0. The zero-order valence-corrected chi connectivity index (χ0v) is 17.4. The third-order valence-corrected chi connectivity index (χ3v) is 5.48. The summed E-state index contributed by atoms with van der Waals surface area (Å²) in [5.74, 6) is 0.0900. The topological polar surface area (TPSA) is 123 Å². The van der Waals surface area contributed by atoms with Crippen molar-refractivity contribution >= 4 is 21.7 Å². The number of hydrogen-bond donors (Lipinski definition) is 2. The van der Waals surface area contributed by atoms with Gasteiger partial charge in [-0.25, -0.2) is 13.5 Å². The van der Waals surface area contributed by atoms with E-state index < -0.39 is 15.7 Å². The van der Waals surface area contributed by atoms with E-state index in [1.807, 2.05) is 13.8 Å². The highest BCUT2D eigenvalue weighted by Crippen LogP contribution is 2.28. The van der Waals surface area contributed by atoms with Gasteiger partial charge in [-0.1, -0.05) is 30.3 Å². The van der Waals surface area contributed by atoms with Crippen molar-refractivity contribution in [3.63, 3.8) is 0 Å². The van der Waals surface area contributed by atoms with E-state index in [1.54, 1.807) is 48.5 Å².